The maximum absolute atomic E-state index is 13.4. The van der Waals surface area contributed by atoms with Crippen molar-refractivity contribution in [1.82, 2.24) is 0 Å². The van der Waals surface area contributed by atoms with Crippen molar-refractivity contribution >= 4 is 33.2 Å². The minimum absolute atomic E-state index is 0.0341. The Morgan fingerprint density at radius 3 is 2.94 bits per heavy atom. The fraction of sp³-hybridized carbons (Fsp3) is 0.417. The highest BCUT2D eigenvalue weighted by molar-refractivity contribution is 9.10. The first-order chi connectivity index (χ1) is 8.10. The minimum Gasteiger partial charge on any atom is -0.380 e. The van der Waals surface area contributed by atoms with Crippen LogP contribution in [0.2, 0.25) is 0 Å². The van der Waals surface area contributed by atoms with Gasteiger partial charge >= 0.3 is 0 Å². The molecule has 0 bridgehead atoms. The van der Waals surface area contributed by atoms with Crippen LogP contribution < -0.4 is 10.6 Å². The maximum atomic E-state index is 13.4. The number of anilines is 2. The summed E-state index contributed by atoms with van der Waals surface area (Å²) in [6.45, 7) is 2.06. The van der Waals surface area contributed by atoms with E-state index in [1.807, 2.05) is 0 Å². The molecule has 17 heavy (non-hydrogen) atoms. The molecule has 0 spiro atoms. The number of amides is 1. The third-order valence-electron chi connectivity index (χ3n) is 2.76. The second-order valence-electron chi connectivity index (χ2n) is 4.19. The van der Waals surface area contributed by atoms with Gasteiger partial charge in [-0.05, 0) is 28.4 Å². The third-order valence-corrected chi connectivity index (χ3v) is 3.37. The predicted octanol–water partition coefficient (Wildman–Crippen LogP) is 3.51. The number of rotatable bonds is 2. The first kappa shape index (κ1) is 12.4. The van der Waals surface area contributed by atoms with E-state index < -0.39 is 0 Å². The van der Waals surface area contributed by atoms with E-state index in [0.29, 0.717) is 22.3 Å². The summed E-state index contributed by atoms with van der Waals surface area (Å²) in [5.74, 6) is -0.365. The molecule has 1 amide bonds. The Bertz CT molecular complexity index is 450. The molecule has 1 aliphatic heterocycles. The Kier molecular flexibility index (Phi) is 3.66. The molecule has 1 aromatic rings. The Hall–Kier alpha value is -1.10. The summed E-state index contributed by atoms with van der Waals surface area (Å²) in [7, 11) is 0. The molecule has 1 aromatic carbocycles. The van der Waals surface area contributed by atoms with E-state index >= 15 is 0 Å². The minimum atomic E-state index is -0.331. The van der Waals surface area contributed by atoms with E-state index in [0.717, 1.165) is 12.8 Å². The van der Waals surface area contributed by atoms with Crippen LogP contribution in [0.5, 0.6) is 0 Å². The Morgan fingerprint density at radius 1 is 1.47 bits per heavy atom. The molecule has 2 rings (SSSR count). The van der Waals surface area contributed by atoms with Crippen LogP contribution in [0.1, 0.15) is 26.2 Å². The second-order valence-corrected chi connectivity index (χ2v) is 5.05. The van der Waals surface area contributed by atoms with Gasteiger partial charge in [0.05, 0.1) is 15.8 Å². The molecule has 3 nitrogen and oxygen atoms in total. The number of fused-ring (bicyclic) bond motifs is 1. The van der Waals surface area contributed by atoms with Crippen LogP contribution in [-0.2, 0) is 4.79 Å². The van der Waals surface area contributed by atoms with Crippen LogP contribution >= 0.6 is 15.9 Å². The van der Waals surface area contributed by atoms with E-state index in [-0.39, 0.29) is 17.8 Å². The molecule has 0 fully saturated rings. The molecule has 0 aliphatic carbocycles. The van der Waals surface area contributed by atoms with Gasteiger partial charge in [-0.1, -0.05) is 13.3 Å². The molecule has 0 radical (unpaired) electrons. The lowest BCUT2D eigenvalue weighted by Gasteiger charge is -2.16. The fourth-order valence-electron chi connectivity index (χ4n) is 1.99. The average molecular weight is 301 g/mol. The lowest BCUT2D eigenvalue weighted by atomic mass is 10.1. The number of benzene rings is 1. The number of nitrogens with one attached hydrogen (secondary N) is 2. The van der Waals surface area contributed by atoms with E-state index in [9.17, 15) is 9.18 Å². The smallest absolute Gasteiger partial charge is 0.226 e. The highest BCUT2D eigenvalue weighted by atomic mass is 79.9. The SMILES string of the molecule is CCCC1CC(=O)Nc2cc(Br)c(F)cc2N1. The monoisotopic (exact) mass is 300 g/mol. The van der Waals surface area contributed by atoms with Crippen molar-refractivity contribution in [3.8, 4) is 0 Å². The van der Waals surface area contributed by atoms with Crippen LogP contribution in [0.4, 0.5) is 15.8 Å². The summed E-state index contributed by atoms with van der Waals surface area (Å²) in [5.41, 5.74) is 1.27. The summed E-state index contributed by atoms with van der Waals surface area (Å²) in [6, 6.07) is 3.07. The lowest BCUT2D eigenvalue weighted by molar-refractivity contribution is -0.116. The normalized spacial score (nSPS) is 19.0. The van der Waals surface area contributed by atoms with Crippen molar-refractivity contribution in [3.63, 3.8) is 0 Å². The summed E-state index contributed by atoms with van der Waals surface area (Å²) in [6.07, 6.45) is 2.30. The molecule has 5 heteroatoms. The Labute approximate surface area is 108 Å². The molecule has 0 aromatic heterocycles. The predicted molar refractivity (Wildman–Crippen MR) is 69.7 cm³/mol. The van der Waals surface area contributed by atoms with Gasteiger partial charge in [0, 0.05) is 18.5 Å². The number of hydrogen-bond donors (Lipinski definition) is 2. The Morgan fingerprint density at radius 2 is 2.24 bits per heavy atom. The van der Waals surface area contributed by atoms with E-state index in [1.54, 1.807) is 6.07 Å². The number of carbonyl (C=O) groups is 1. The molecular weight excluding hydrogens is 287 g/mol. The van der Waals surface area contributed by atoms with Gasteiger partial charge in [0.25, 0.3) is 0 Å². The molecule has 1 aliphatic rings. The van der Waals surface area contributed by atoms with Gasteiger partial charge in [-0.2, -0.15) is 0 Å². The van der Waals surface area contributed by atoms with Crippen molar-refractivity contribution in [2.45, 2.75) is 32.2 Å². The molecule has 0 saturated heterocycles. The van der Waals surface area contributed by atoms with Gasteiger partial charge in [-0.3, -0.25) is 4.79 Å². The molecule has 2 N–H and O–H groups in total. The standard InChI is InChI=1S/C12H14BrFN2O/c1-2-3-7-4-12(17)16-10-5-8(13)9(14)6-11(10)15-7/h5-7,15H,2-4H2,1H3,(H,16,17). The average Bonchev–Trinajstić information content (AvgIpc) is 2.38. The second kappa shape index (κ2) is 5.04. The zero-order valence-corrected chi connectivity index (χ0v) is 11.1. The van der Waals surface area contributed by atoms with Gasteiger partial charge in [0.1, 0.15) is 5.82 Å². The Balaban J connectivity index is 2.34. The van der Waals surface area contributed by atoms with Gasteiger partial charge in [0.15, 0.2) is 0 Å². The number of hydrogen-bond acceptors (Lipinski definition) is 2. The van der Waals surface area contributed by atoms with Crippen LogP contribution in [0.15, 0.2) is 16.6 Å². The van der Waals surface area contributed by atoms with E-state index in [1.165, 1.54) is 6.07 Å². The number of halogens is 2. The fourth-order valence-corrected chi connectivity index (χ4v) is 2.33. The maximum Gasteiger partial charge on any atom is 0.226 e. The molecule has 92 valence electrons. The summed E-state index contributed by atoms with van der Waals surface area (Å²) >= 11 is 3.11. The number of carbonyl (C=O) groups excluding carboxylic acids is 1. The van der Waals surface area contributed by atoms with Crippen LogP contribution in [-0.4, -0.2) is 11.9 Å². The summed E-state index contributed by atoms with van der Waals surface area (Å²) in [4.78, 5) is 11.7. The molecule has 1 heterocycles. The van der Waals surface area contributed by atoms with E-state index in [4.69, 9.17) is 0 Å². The van der Waals surface area contributed by atoms with Gasteiger partial charge in [-0.15, -0.1) is 0 Å². The van der Waals surface area contributed by atoms with Crippen molar-refractivity contribution in [3.05, 3.63) is 22.4 Å². The van der Waals surface area contributed by atoms with Crippen LogP contribution in [0.25, 0.3) is 0 Å². The molecule has 1 unspecified atom stereocenters. The van der Waals surface area contributed by atoms with Gasteiger partial charge in [0.2, 0.25) is 5.91 Å². The highest BCUT2D eigenvalue weighted by Gasteiger charge is 2.21. The lowest BCUT2D eigenvalue weighted by Crippen LogP contribution is -2.22. The highest BCUT2D eigenvalue weighted by Crippen LogP contribution is 2.32. The van der Waals surface area contributed by atoms with E-state index in [2.05, 4.69) is 33.5 Å². The van der Waals surface area contributed by atoms with Crippen molar-refractivity contribution < 1.29 is 9.18 Å². The molecular formula is C12H14BrFN2O. The summed E-state index contributed by atoms with van der Waals surface area (Å²) in [5, 5.41) is 6.00. The zero-order valence-electron chi connectivity index (χ0n) is 9.52. The quantitative estimate of drug-likeness (QED) is 0.877. The van der Waals surface area contributed by atoms with Gasteiger partial charge < -0.3 is 10.6 Å². The van der Waals surface area contributed by atoms with Crippen LogP contribution in [0, 0.1) is 5.82 Å². The zero-order chi connectivity index (χ0) is 12.4. The first-order valence-corrected chi connectivity index (χ1v) is 6.45. The topological polar surface area (TPSA) is 41.1 Å². The van der Waals surface area contributed by atoms with Crippen molar-refractivity contribution in [2.75, 3.05) is 10.6 Å². The van der Waals surface area contributed by atoms with Gasteiger partial charge in [-0.25, -0.2) is 4.39 Å². The third kappa shape index (κ3) is 2.77. The first-order valence-electron chi connectivity index (χ1n) is 5.65. The van der Waals surface area contributed by atoms with Crippen molar-refractivity contribution in [1.29, 1.82) is 0 Å². The summed E-state index contributed by atoms with van der Waals surface area (Å²) < 4.78 is 13.8. The van der Waals surface area contributed by atoms with Crippen LogP contribution in [0.3, 0.4) is 0 Å². The van der Waals surface area contributed by atoms with Crippen molar-refractivity contribution in [2.24, 2.45) is 0 Å². The molecule has 1 atom stereocenters. The molecule has 0 saturated carbocycles. The largest absolute Gasteiger partial charge is 0.380 e.